The van der Waals surface area contributed by atoms with Crippen LogP contribution < -0.4 is 4.72 Å². The lowest BCUT2D eigenvalue weighted by Crippen LogP contribution is -2.22. The molecule has 29 heavy (non-hydrogen) atoms. The highest BCUT2D eigenvalue weighted by molar-refractivity contribution is 7.90. The second-order valence-electron chi connectivity index (χ2n) is 6.94. The van der Waals surface area contributed by atoms with E-state index in [1.165, 1.54) is 18.2 Å². The molecule has 1 aliphatic carbocycles. The molecule has 1 heterocycles. The van der Waals surface area contributed by atoms with Crippen LogP contribution in [0, 0.1) is 0 Å². The summed E-state index contributed by atoms with van der Waals surface area (Å²) in [6.45, 7) is 0.0674. The average molecular weight is 405 g/mol. The van der Waals surface area contributed by atoms with Crippen molar-refractivity contribution >= 4 is 21.9 Å². The van der Waals surface area contributed by atoms with Crippen LogP contribution in [0.1, 0.15) is 37.8 Å². The predicted octanol–water partition coefficient (Wildman–Crippen LogP) is 3.09. The fourth-order valence-electron chi connectivity index (χ4n) is 4.07. The summed E-state index contributed by atoms with van der Waals surface area (Å²) >= 11 is 0. The molecule has 0 unspecified atom stereocenters. The lowest BCUT2D eigenvalue weighted by molar-refractivity contribution is 0.0489. The van der Waals surface area contributed by atoms with E-state index in [1.807, 2.05) is 53.3 Å². The fraction of sp³-hybridized carbons (Fsp3) is 0.0909. The van der Waals surface area contributed by atoms with Gasteiger partial charge in [0, 0.05) is 5.92 Å². The molecule has 0 radical (unpaired) electrons. The molecule has 1 N–H and O–H groups in total. The number of sulfonamides is 1. The summed E-state index contributed by atoms with van der Waals surface area (Å²) in [5, 5.41) is 0. The minimum atomic E-state index is -4.07. The van der Waals surface area contributed by atoms with Crippen LogP contribution in [-0.2, 0) is 14.8 Å². The molecular formula is C22H15NO5S. The highest BCUT2D eigenvalue weighted by Crippen LogP contribution is 2.44. The Morgan fingerprint density at radius 2 is 1.45 bits per heavy atom. The van der Waals surface area contributed by atoms with Crippen LogP contribution in [-0.4, -0.2) is 26.9 Å². The van der Waals surface area contributed by atoms with Gasteiger partial charge in [0.15, 0.2) is 0 Å². The maximum atomic E-state index is 12.8. The lowest BCUT2D eigenvalue weighted by atomic mass is 9.98. The molecule has 0 atom stereocenters. The van der Waals surface area contributed by atoms with Crippen molar-refractivity contribution in [1.82, 2.24) is 4.72 Å². The monoisotopic (exact) mass is 405 g/mol. The average Bonchev–Trinajstić information content (AvgIpc) is 3.17. The SMILES string of the molecule is O=C1NS(=O)(=O)c2c1cccc2C(=O)OCC1c2ccccc2-c2ccccc21. The first-order valence-electron chi connectivity index (χ1n) is 9.03. The third-order valence-electron chi connectivity index (χ3n) is 5.32. The minimum Gasteiger partial charge on any atom is -0.461 e. The zero-order chi connectivity index (χ0) is 20.2. The lowest BCUT2D eigenvalue weighted by Gasteiger charge is -2.14. The molecule has 3 aromatic carbocycles. The summed E-state index contributed by atoms with van der Waals surface area (Å²) in [6, 6.07) is 20.1. The first-order valence-corrected chi connectivity index (χ1v) is 10.5. The smallest absolute Gasteiger partial charge is 0.339 e. The number of fused-ring (bicyclic) bond motifs is 4. The molecule has 5 rings (SSSR count). The third kappa shape index (κ3) is 2.66. The number of rotatable bonds is 3. The Balaban J connectivity index is 1.47. The van der Waals surface area contributed by atoms with Gasteiger partial charge in [-0.2, -0.15) is 0 Å². The van der Waals surface area contributed by atoms with Gasteiger partial charge in [0.1, 0.15) is 11.5 Å². The predicted molar refractivity (Wildman–Crippen MR) is 105 cm³/mol. The zero-order valence-electron chi connectivity index (χ0n) is 15.1. The second kappa shape index (κ2) is 6.28. The summed E-state index contributed by atoms with van der Waals surface area (Å²) in [7, 11) is -4.07. The van der Waals surface area contributed by atoms with Crippen LogP contribution in [0.3, 0.4) is 0 Å². The van der Waals surface area contributed by atoms with E-state index in [1.54, 1.807) is 0 Å². The van der Waals surface area contributed by atoms with Crippen molar-refractivity contribution in [3.63, 3.8) is 0 Å². The van der Waals surface area contributed by atoms with Crippen LogP contribution in [0.2, 0.25) is 0 Å². The quantitative estimate of drug-likeness (QED) is 0.677. The van der Waals surface area contributed by atoms with Gasteiger partial charge in [-0.3, -0.25) is 4.79 Å². The number of benzene rings is 3. The molecule has 0 saturated heterocycles. The number of carbonyl (C=O) groups is 2. The van der Waals surface area contributed by atoms with E-state index < -0.39 is 21.9 Å². The first-order chi connectivity index (χ1) is 14.0. The molecule has 144 valence electrons. The Hall–Kier alpha value is -3.45. The number of amides is 1. The van der Waals surface area contributed by atoms with Crippen LogP contribution in [0.15, 0.2) is 71.6 Å². The number of hydrogen-bond acceptors (Lipinski definition) is 5. The second-order valence-corrected chi connectivity index (χ2v) is 8.56. The van der Waals surface area contributed by atoms with Gasteiger partial charge < -0.3 is 4.74 Å². The highest BCUT2D eigenvalue weighted by atomic mass is 32.2. The van der Waals surface area contributed by atoms with Crippen molar-refractivity contribution in [1.29, 1.82) is 0 Å². The van der Waals surface area contributed by atoms with E-state index in [4.69, 9.17) is 4.74 Å². The van der Waals surface area contributed by atoms with Gasteiger partial charge in [0.2, 0.25) is 0 Å². The van der Waals surface area contributed by atoms with E-state index >= 15 is 0 Å². The van der Waals surface area contributed by atoms with Crippen molar-refractivity contribution in [3.05, 3.63) is 89.0 Å². The van der Waals surface area contributed by atoms with Crippen LogP contribution in [0.25, 0.3) is 11.1 Å². The molecule has 6 nitrogen and oxygen atoms in total. The Bertz CT molecular complexity index is 1250. The van der Waals surface area contributed by atoms with Crippen molar-refractivity contribution in [3.8, 4) is 11.1 Å². The van der Waals surface area contributed by atoms with Crippen LogP contribution >= 0.6 is 0 Å². The van der Waals surface area contributed by atoms with Gasteiger partial charge >= 0.3 is 5.97 Å². The molecule has 0 saturated carbocycles. The van der Waals surface area contributed by atoms with Crippen molar-refractivity contribution in [2.45, 2.75) is 10.8 Å². The molecule has 7 heteroatoms. The summed E-state index contributed by atoms with van der Waals surface area (Å²) in [5.41, 5.74) is 4.13. The van der Waals surface area contributed by atoms with E-state index in [2.05, 4.69) is 0 Å². The Kier molecular flexibility index (Phi) is 3.82. The number of nitrogens with one attached hydrogen (secondary N) is 1. The number of carbonyl (C=O) groups excluding carboxylic acids is 2. The van der Waals surface area contributed by atoms with E-state index in [0.29, 0.717) is 0 Å². The largest absolute Gasteiger partial charge is 0.461 e. The minimum absolute atomic E-state index is 0.0454. The number of esters is 1. The normalized spacial score (nSPS) is 15.9. The Morgan fingerprint density at radius 1 is 0.862 bits per heavy atom. The summed E-state index contributed by atoms with van der Waals surface area (Å²) in [5.74, 6) is -1.66. The highest BCUT2D eigenvalue weighted by Gasteiger charge is 2.37. The zero-order valence-corrected chi connectivity index (χ0v) is 15.9. The van der Waals surface area contributed by atoms with E-state index in [0.717, 1.165) is 22.3 Å². The Morgan fingerprint density at radius 3 is 2.10 bits per heavy atom. The van der Waals surface area contributed by atoms with Gasteiger partial charge in [-0.1, -0.05) is 54.6 Å². The first kappa shape index (κ1) is 17.6. The summed E-state index contributed by atoms with van der Waals surface area (Å²) < 4.78 is 31.9. The third-order valence-corrected chi connectivity index (χ3v) is 6.75. The molecule has 3 aromatic rings. The fourth-order valence-corrected chi connectivity index (χ4v) is 5.42. The number of hydrogen-bond donors (Lipinski definition) is 1. The maximum absolute atomic E-state index is 12.8. The molecule has 1 amide bonds. The van der Waals surface area contributed by atoms with Gasteiger partial charge in [0.05, 0.1) is 11.1 Å². The van der Waals surface area contributed by atoms with Crippen molar-refractivity contribution < 1.29 is 22.7 Å². The molecule has 0 aromatic heterocycles. The molecule has 1 aliphatic heterocycles. The van der Waals surface area contributed by atoms with E-state index in [9.17, 15) is 18.0 Å². The molecule has 2 aliphatic rings. The molecule has 0 fully saturated rings. The van der Waals surface area contributed by atoms with Crippen LogP contribution in [0.4, 0.5) is 0 Å². The van der Waals surface area contributed by atoms with Crippen LogP contribution in [0.5, 0.6) is 0 Å². The van der Waals surface area contributed by atoms with Gasteiger partial charge in [-0.25, -0.2) is 17.9 Å². The molecular weight excluding hydrogens is 390 g/mol. The van der Waals surface area contributed by atoms with Crippen molar-refractivity contribution in [2.24, 2.45) is 0 Å². The number of ether oxygens (including phenoxy) is 1. The van der Waals surface area contributed by atoms with E-state index in [-0.39, 0.29) is 28.5 Å². The topological polar surface area (TPSA) is 89.5 Å². The summed E-state index contributed by atoms with van der Waals surface area (Å²) in [4.78, 5) is 24.3. The van der Waals surface area contributed by atoms with Crippen molar-refractivity contribution in [2.75, 3.05) is 6.61 Å². The summed E-state index contributed by atoms with van der Waals surface area (Å²) in [6.07, 6.45) is 0. The van der Waals surface area contributed by atoms with Gasteiger partial charge in [-0.15, -0.1) is 0 Å². The van der Waals surface area contributed by atoms with Gasteiger partial charge in [-0.05, 0) is 34.4 Å². The Labute approximate surface area is 167 Å². The molecule has 0 spiro atoms. The maximum Gasteiger partial charge on any atom is 0.339 e. The van der Waals surface area contributed by atoms with Gasteiger partial charge in [0.25, 0.3) is 15.9 Å². The molecule has 0 bridgehead atoms. The standard InChI is InChI=1S/C22H15NO5S/c24-21-17-10-5-11-18(20(17)29(26,27)23-21)22(25)28-12-19-15-8-3-1-6-13(15)14-7-2-4-9-16(14)19/h1-11,19H,12H2,(H,23,24).